The van der Waals surface area contributed by atoms with Crippen LogP contribution in [0.2, 0.25) is 0 Å². The van der Waals surface area contributed by atoms with Crippen molar-refractivity contribution >= 4 is 17.3 Å². The van der Waals surface area contributed by atoms with Crippen molar-refractivity contribution in [3.05, 3.63) is 21.9 Å². The Kier molecular flexibility index (Phi) is 2.59. The second-order valence-corrected chi connectivity index (χ2v) is 3.33. The number of alkyl halides is 1. The molecule has 11 heavy (non-hydrogen) atoms. The number of thiophene rings is 1. The Morgan fingerprint density at radius 1 is 1.55 bits per heavy atom. The van der Waals surface area contributed by atoms with Gasteiger partial charge in [0.25, 0.3) is 0 Å². The number of carbonyl (C=O) groups is 1. The van der Waals surface area contributed by atoms with E-state index in [0.717, 1.165) is 0 Å². The van der Waals surface area contributed by atoms with Crippen LogP contribution >= 0.6 is 11.3 Å². The molecule has 0 radical (unpaired) electrons. The Morgan fingerprint density at radius 2 is 2.18 bits per heavy atom. The summed E-state index contributed by atoms with van der Waals surface area (Å²) in [5, 5.41) is 8.36. The Labute approximate surface area is 67.3 Å². The number of rotatable bonds is 3. The molecule has 1 heterocycles. The zero-order chi connectivity index (χ0) is 8.27. The van der Waals surface area contributed by atoms with E-state index < -0.39 is 12.6 Å². The van der Waals surface area contributed by atoms with E-state index >= 15 is 0 Å². The first-order chi connectivity index (χ1) is 5.22. The van der Waals surface area contributed by atoms with Crippen LogP contribution in [0.1, 0.15) is 9.75 Å². The van der Waals surface area contributed by atoms with Gasteiger partial charge in [-0.3, -0.25) is 4.79 Å². The molecular formula is C7H7FO2S. The summed E-state index contributed by atoms with van der Waals surface area (Å²) in [5.41, 5.74) is 0. The van der Waals surface area contributed by atoms with E-state index in [9.17, 15) is 9.18 Å². The Bertz CT molecular complexity index is 257. The molecule has 0 aliphatic carbocycles. The summed E-state index contributed by atoms with van der Waals surface area (Å²) in [5.74, 6) is -0.878. The summed E-state index contributed by atoms with van der Waals surface area (Å²) in [6.45, 7) is -0.510. The van der Waals surface area contributed by atoms with Gasteiger partial charge in [0.2, 0.25) is 0 Å². The van der Waals surface area contributed by atoms with Gasteiger partial charge in [0.05, 0.1) is 6.42 Å². The van der Waals surface area contributed by atoms with Crippen LogP contribution in [0.3, 0.4) is 0 Å². The molecular weight excluding hydrogens is 167 g/mol. The third kappa shape index (κ3) is 2.31. The minimum absolute atomic E-state index is 0.00926. The van der Waals surface area contributed by atoms with Crippen molar-refractivity contribution < 1.29 is 14.3 Å². The number of carboxylic acid groups (broad SMARTS) is 1. The van der Waals surface area contributed by atoms with Crippen molar-refractivity contribution in [3.63, 3.8) is 0 Å². The van der Waals surface area contributed by atoms with E-state index in [1.807, 2.05) is 0 Å². The van der Waals surface area contributed by atoms with Crippen molar-refractivity contribution in [2.75, 3.05) is 0 Å². The second kappa shape index (κ2) is 3.48. The average Bonchev–Trinajstić information content (AvgIpc) is 2.34. The van der Waals surface area contributed by atoms with Gasteiger partial charge >= 0.3 is 5.97 Å². The number of hydrogen-bond acceptors (Lipinski definition) is 2. The van der Waals surface area contributed by atoms with E-state index in [1.54, 1.807) is 12.1 Å². The molecule has 0 atom stereocenters. The Hall–Kier alpha value is -0.900. The molecule has 60 valence electrons. The maximum atomic E-state index is 11.9. The molecule has 0 saturated carbocycles. The van der Waals surface area contributed by atoms with Crippen LogP contribution in [0.5, 0.6) is 0 Å². The third-order valence-corrected chi connectivity index (χ3v) is 2.22. The van der Waals surface area contributed by atoms with E-state index in [0.29, 0.717) is 9.75 Å². The van der Waals surface area contributed by atoms with Crippen LogP contribution in [0.25, 0.3) is 0 Å². The highest BCUT2D eigenvalue weighted by Crippen LogP contribution is 2.17. The van der Waals surface area contributed by atoms with E-state index in [1.165, 1.54) is 11.3 Å². The molecule has 0 aromatic carbocycles. The first kappa shape index (κ1) is 8.20. The van der Waals surface area contributed by atoms with Crippen LogP contribution in [-0.4, -0.2) is 11.1 Å². The molecule has 0 bridgehead atoms. The van der Waals surface area contributed by atoms with Gasteiger partial charge in [-0.15, -0.1) is 11.3 Å². The van der Waals surface area contributed by atoms with Gasteiger partial charge in [-0.05, 0) is 12.1 Å². The van der Waals surface area contributed by atoms with Crippen LogP contribution in [0.4, 0.5) is 4.39 Å². The fraction of sp³-hybridized carbons (Fsp3) is 0.286. The van der Waals surface area contributed by atoms with Gasteiger partial charge in [0, 0.05) is 9.75 Å². The van der Waals surface area contributed by atoms with Gasteiger partial charge < -0.3 is 5.11 Å². The van der Waals surface area contributed by atoms with Crippen molar-refractivity contribution in [2.24, 2.45) is 0 Å². The summed E-state index contributed by atoms with van der Waals surface area (Å²) in [4.78, 5) is 11.5. The second-order valence-electron chi connectivity index (χ2n) is 2.07. The van der Waals surface area contributed by atoms with Crippen LogP contribution in [-0.2, 0) is 17.9 Å². The van der Waals surface area contributed by atoms with Crippen LogP contribution in [0, 0.1) is 0 Å². The lowest BCUT2D eigenvalue weighted by molar-refractivity contribution is -0.136. The summed E-state index contributed by atoms with van der Waals surface area (Å²) in [6.07, 6.45) is -0.00926. The summed E-state index contributed by atoms with van der Waals surface area (Å²) < 4.78 is 11.9. The fourth-order valence-corrected chi connectivity index (χ4v) is 1.60. The fourth-order valence-electron chi connectivity index (χ4n) is 0.738. The number of hydrogen-bond donors (Lipinski definition) is 1. The largest absolute Gasteiger partial charge is 0.481 e. The molecule has 0 unspecified atom stereocenters. The first-order valence-electron chi connectivity index (χ1n) is 3.07. The van der Waals surface area contributed by atoms with Gasteiger partial charge in [0.1, 0.15) is 6.67 Å². The monoisotopic (exact) mass is 174 g/mol. The molecule has 0 fully saturated rings. The Balaban J connectivity index is 2.65. The van der Waals surface area contributed by atoms with Crippen molar-refractivity contribution in [2.45, 2.75) is 13.1 Å². The molecule has 0 aliphatic rings. The molecule has 4 heteroatoms. The quantitative estimate of drug-likeness (QED) is 0.759. The molecule has 0 aliphatic heterocycles. The first-order valence-corrected chi connectivity index (χ1v) is 3.89. The normalized spacial score (nSPS) is 9.91. The maximum Gasteiger partial charge on any atom is 0.308 e. The summed E-state index contributed by atoms with van der Waals surface area (Å²) in [7, 11) is 0. The molecule has 1 aromatic heterocycles. The highest BCUT2D eigenvalue weighted by molar-refractivity contribution is 7.12. The van der Waals surface area contributed by atoms with E-state index in [4.69, 9.17) is 5.11 Å². The molecule has 0 amide bonds. The lowest BCUT2D eigenvalue weighted by Gasteiger charge is -1.86. The number of carboxylic acids is 1. The topological polar surface area (TPSA) is 37.3 Å². The zero-order valence-electron chi connectivity index (χ0n) is 5.71. The highest BCUT2D eigenvalue weighted by Gasteiger charge is 2.03. The standard InChI is InChI=1S/C7H7FO2S/c8-4-6-2-1-5(11-6)3-7(9)10/h1-2H,3-4H2,(H,9,10). The summed E-state index contributed by atoms with van der Waals surface area (Å²) in [6, 6.07) is 3.26. The lowest BCUT2D eigenvalue weighted by Crippen LogP contribution is -1.96. The van der Waals surface area contributed by atoms with E-state index in [-0.39, 0.29) is 6.42 Å². The molecule has 1 N–H and O–H groups in total. The van der Waals surface area contributed by atoms with Crippen molar-refractivity contribution in [1.82, 2.24) is 0 Å². The zero-order valence-corrected chi connectivity index (χ0v) is 6.53. The van der Waals surface area contributed by atoms with Gasteiger partial charge in [-0.2, -0.15) is 0 Å². The smallest absolute Gasteiger partial charge is 0.308 e. The van der Waals surface area contributed by atoms with Gasteiger partial charge in [-0.1, -0.05) is 0 Å². The van der Waals surface area contributed by atoms with Crippen LogP contribution < -0.4 is 0 Å². The minimum Gasteiger partial charge on any atom is -0.481 e. The molecule has 1 rings (SSSR count). The number of halogens is 1. The third-order valence-electron chi connectivity index (χ3n) is 1.17. The Morgan fingerprint density at radius 3 is 2.64 bits per heavy atom. The minimum atomic E-state index is -0.878. The maximum absolute atomic E-state index is 11.9. The average molecular weight is 174 g/mol. The van der Waals surface area contributed by atoms with Crippen LogP contribution in [0.15, 0.2) is 12.1 Å². The van der Waals surface area contributed by atoms with Crippen molar-refractivity contribution in [1.29, 1.82) is 0 Å². The van der Waals surface area contributed by atoms with Gasteiger partial charge in [0.15, 0.2) is 0 Å². The SMILES string of the molecule is O=C(O)Cc1ccc(CF)s1. The predicted molar refractivity (Wildman–Crippen MR) is 40.5 cm³/mol. The summed E-state index contributed by atoms with van der Waals surface area (Å²) >= 11 is 1.21. The molecule has 0 saturated heterocycles. The molecule has 2 nitrogen and oxygen atoms in total. The van der Waals surface area contributed by atoms with E-state index in [2.05, 4.69) is 0 Å². The predicted octanol–water partition coefficient (Wildman–Crippen LogP) is 1.84. The lowest BCUT2D eigenvalue weighted by atomic mass is 10.3. The van der Waals surface area contributed by atoms with Gasteiger partial charge in [-0.25, -0.2) is 4.39 Å². The number of aliphatic carboxylic acids is 1. The van der Waals surface area contributed by atoms with Crippen molar-refractivity contribution in [3.8, 4) is 0 Å². The molecule has 1 aromatic rings. The molecule has 0 spiro atoms. The highest BCUT2D eigenvalue weighted by atomic mass is 32.1.